The van der Waals surface area contributed by atoms with E-state index in [9.17, 15) is 8.42 Å². The molecule has 3 rings (SSSR count). The second-order valence-electron chi connectivity index (χ2n) is 6.77. The molecule has 0 spiro atoms. The van der Waals surface area contributed by atoms with Gasteiger partial charge in [0.15, 0.2) is 15.8 Å². The van der Waals surface area contributed by atoms with E-state index in [0.29, 0.717) is 18.3 Å². The second-order valence-corrected chi connectivity index (χ2v) is 9.44. The van der Waals surface area contributed by atoms with Crippen molar-refractivity contribution in [3.63, 3.8) is 0 Å². The first-order valence-electron chi connectivity index (χ1n) is 8.69. The molecule has 2 aliphatic heterocycles. The zero-order valence-electron chi connectivity index (χ0n) is 14.7. The monoisotopic (exact) mass is 512 g/mol. The van der Waals surface area contributed by atoms with Crippen LogP contribution >= 0.6 is 35.6 Å². The summed E-state index contributed by atoms with van der Waals surface area (Å²) in [5.74, 6) is 1.19. The maximum Gasteiger partial charge on any atom is 0.191 e. The quantitative estimate of drug-likeness (QED) is 0.382. The molecule has 1 aromatic rings. The van der Waals surface area contributed by atoms with E-state index in [2.05, 4.69) is 14.8 Å². The van der Waals surface area contributed by atoms with Crippen molar-refractivity contribution in [3.8, 4) is 0 Å². The Kier molecular flexibility index (Phi) is 7.84. The highest BCUT2D eigenvalue weighted by Gasteiger charge is 2.25. The van der Waals surface area contributed by atoms with Crippen LogP contribution in [0.4, 0.5) is 5.69 Å². The van der Waals surface area contributed by atoms with Crippen molar-refractivity contribution >= 4 is 57.1 Å². The summed E-state index contributed by atoms with van der Waals surface area (Å²) in [4.78, 5) is 8.84. The van der Waals surface area contributed by atoms with Gasteiger partial charge in [0.05, 0.1) is 11.5 Å². The summed E-state index contributed by atoms with van der Waals surface area (Å²) < 4.78 is 23.4. The molecule has 1 unspecified atom stereocenters. The van der Waals surface area contributed by atoms with Crippen LogP contribution in [0.5, 0.6) is 0 Å². The van der Waals surface area contributed by atoms with Crippen LogP contribution in [-0.2, 0) is 9.84 Å². The third kappa shape index (κ3) is 5.88. The molecule has 0 radical (unpaired) electrons. The van der Waals surface area contributed by atoms with E-state index >= 15 is 0 Å². The fourth-order valence-corrected chi connectivity index (χ4v) is 5.32. The summed E-state index contributed by atoms with van der Waals surface area (Å²) in [6.07, 6.45) is 1.66. The lowest BCUT2D eigenvalue weighted by molar-refractivity contribution is 0.379. The number of piperazine rings is 1. The van der Waals surface area contributed by atoms with Crippen LogP contribution in [0.1, 0.15) is 12.8 Å². The molecule has 146 valence electrons. The van der Waals surface area contributed by atoms with Gasteiger partial charge in [-0.3, -0.25) is 4.99 Å². The highest BCUT2D eigenvalue weighted by molar-refractivity contribution is 14.0. The van der Waals surface area contributed by atoms with Crippen LogP contribution in [0.25, 0.3) is 0 Å². The van der Waals surface area contributed by atoms with Gasteiger partial charge in [-0.25, -0.2) is 8.42 Å². The van der Waals surface area contributed by atoms with Gasteiger partial charge in [-0.1, -0.05) is 11.6 Å². The zero-order valence-corrected chi connectivity index (χ0v) is 18.6. The Morgan fingerprint density at radius 2 is 1.85 bits per heavy atom. The number of aliphatic imine (C=N–C) groups is 1. The number of hydrogen-bond donors (Lipinski definition) is 1. The predicted molar refractivity (Wildman–Crippen MR) is 119 cm³/mol. The van der Waals surface area contributed by atoms with Crippen molar-refractivity contribution in [2.45, 2.75) is 12.8 Å². The third-order valence-electron chi connectivity index (χ3n) is 4.86. The molecule has 0 aromatic heterocycles. The topological polar surface area (TPSA) is 79.0 Å². The lowest BCUT2D eigenvalue weighted by Crippen LogP contribution is -2.51. The molecule has 0 bridgehead atoms. The van der Waals surface area contributed by atoms with Gasteiger partial charge in [-0.05, 0) is 43.0 Å². The molecule has 2 saturated heterocycles. The minimum Gasteiger partial charge on any atom is -0.370 e. The van der Waals surface area contributed by atoms with Crippen molar-refractivity contribution in [2.75, 3.05) is 49.1 Å². The molecule has 0 amide bonds. The summed E-state index contributed by atoms with van der Waals surface area (Å²) >= 11 is 5.94. The number of benzene rings is 1. The fourth-order valence-electron chi connectivity index (χ4n) is 3.43. The van der Waals surface area contributed by atoms with Crippen LogP contribution in [0, 0.1) is 5.92 Å². The molecular formula is C17H26ClIN4O2S. The van der Waals surface area contributed by atoms with Crippen LogP contribution in [0.3, 0.4) is 0 Å². The van der Waals surface area contributed by atoms with Gasteiger partial charge >= 0.3 is 0 Å². The van der Waals surface area contributed by atoms with Gasteiger partial charge in [-0.15, -0.1) is 24.0 Å². The van der Waals surface area contributed by atoms with Crippen molar-refractivity contribution in [2.24, 2.45) is 16.6 Å². The maximum absolute atomic E-state index is 11.7. The Labute approximate surface area is 177 Å². The molecule has 2 aliphatic rings. The second kappa shape index (κ2) is 9.45. The molecule has 9 heteroatoms. The standard InChI is InChI=1S/C17H25ClN4O2S.HI/c18-15-3-5-16(6-4-15)21-7-9-22(10-8-21)17(19)20-12-14-2-1-11-25(23,24)13-14;/h3-6,14H,1-2,7-13H2,(H2,19,20);1H. The van der Waals surface area contributed by atoms with Gasteiger partial charge < -0.3 is 15.5 Å². The van der Waals surface area contributed by atoms with E-state index < -0.39 is 9.84 Å². The van der Waals surface area contributed by atoms with Crippen molar-refractivity contribution in [3.05, 3.63) is 29.3 Å². The highest BCUT2D eigenvalue weighted by atomic mass is 127. The number of hydrogen-bond acceptors (Lipinski definition) is 4. The normalized spacial score (nSPS) is 23.4. The Morgan fingerprint density at radius 3 is 2.46 bits per heavy atom. The molecule has 0 saturated carbocycles. The van der Waals surface area contributed by atoms with Crippen LogP contribution < -0.4 is 10.6 Å². The summed E-state index contributed by atoms with van der Waals surface area (Å²) in [6, 6.07) is 7.85. The highest BCUT2D eigenvalue weighted by Crippen LogP contribution is 2.20. The molecule has 26 heavy (non-hydrogen) atoms. The van der Waals surface area contributed by atoms with Gasteiger partial charge in [0.25, 0.3) is 0 Å². The van der Waals surface area contributed by atoms with E-state index in [1.807, 2.05) is 24.3 Å². The number of anilines is 1. The number of nitrogens with zero attached hydrogens (tertiary/aromatic N) is 3. The van der Waals surface area contributed by atoms with E-state index in [1.165, 1.54) is 0 Å². The SMILES string of the molecule is I.NC(=NCC1CCCS(=O)(=O)C1)N1CCN(c2ccc(Cl)cc2)CC1. The molecule has 0 aliphatic carbocycles. The first-order chi connectivity index (χ1) is 11.9. The lowest BCUT2D eigenvalue weighted by Gasteiger charge is -2.36. The summed E-state index contributed by atoms with van der Waals surface area (Å²) in [5, 5.41) is 0.739. The Morgan fingerprint density at radius 1 is 1.19 bits per heavy atom. The maximum atomic E-state index is 11.7. The molecule has 6 nitrogen and oxygen atoms in total. The van der Waals surface area contributed by atoms with Crippen molar-refractivity contribution in [1.29, 1.82) is 0 Å². The Hall–Kier alpha value is -0.740. The van der Waals surface area contributed by atoms with E-state index in [0.717, 1.165) is 49.7 Å². The number of rotatable bonds is 3. The van der Waals surface area contributed by atoms with Gasteiger partial charge in [0.2, 0.25) is 0 Å². The van der Waals surface area contributed by atoms with Gasteiger partial charge in [0.1, 0.15) is 0 Å². The smallest absolute Gasteiger partial charge is 0.191 e. The molecule has 1 aromatic carbocycles. The minimum absolute atomic E-state index is 0. The fraction of sp³-hybridized carbons (Fsp3) is 0.588. The zero-order chi connectivity index (χ0) is 17.9. The molecule has 2 N–H and O–H groups in total. The molecule has 2 heterocycles. The average Bonchev–Trinajstić information content (AvgIpc) is 2.60. The first kappa shape index (κ1) is 21.6. The van der Waals surface area contributed by atoms with Crippen molar-refractivity contribution in [1.82, 2.24) is 4.90 Å². The number of nitrogens with two attached hydrogens (primary N) is 1. The van der Waals surface area contributed by atoms with Crippen LogP contribution in [0.15, 0.2) is 29.3 Å². The summed E-state index contributed by atoms with van der Waals surface area (Å²) in [7, 11) is -2.89. The number of sulfone groups is 1. The van der Waals surface area contributed by atoms with Gasteiger partial charge in [0, 0.05) is 43.4 Å². The average molecular weight is 513 g/mol. The summed E-state index contributed by atoms with van der Waals surface area (Å²) in [6.45, 7) is 3.86. The Bertz CT molecular complexity index is 719. The van der Waals surface area contributed by atoms with Crippen molar-refractivity contribution < 1.29 is 8.42 Å². The third-order valence-corrected chi connectivity index (χ3v) is 7.01. The predicted octanol–water partition coefficient (Wildman–Crippen LogP) is 2.22. The van der Waals surface area contributed by atoms with E-state index in [4.69, 9.17) is 17.3 Å². The first-order valence-corrected chi connectivity index (χ1v) is 10.9. The van der Waals surface area contributed by atoms with Gasteiger partial charge in [-0.2, -0.15) is 0 Å². The Balaban J connectivity index is 0.00000243. The lowest BCUT2D eigenvalue weighted by atomic mass is 10.1. The minimum atomic E-state index is -2.89. The molecule has 1 atom stereocenters. The van der Waals surface area contributed by atoms with E-state index in [-0.39, 0.29) is 35.6 Å². The molecular weight excluding hydrogens is 487 g/mol. The van der Waals surface area contributed by atoms with Crippen LogP contribution in [0.2, 0.25) is 5.02 Å². The number of guanidine groups is 1. The number of halogens is 2. The summed E-state index contributed by atoms with van der Waals surface area (Å²) in [5.41, 5.74) is 7.29. The van der Waals surface area contributed by atoms with E-state index in [1.54, 1.807) is 0 Å². The van der Waals surface area contributed by atoms with Crippen LogP contribution in [-0.4, -0.2) is 63.5 Å². The molecule has 2 fully saturated rings. The largest absolute Gasteiger partial charge is 0.370 e.